The van der Waals surface area contributed by atoms with Crippen LogP contribution in [0.25, 0.3) is 10.8 Å². The van der Waals surface area contributed by atoms with Crippen molar-refractivity contribution in [3.8, 4) is 0 Å². The number of carboxylic acid groups (broad SMARTS) is 1. The van der Waals surface area contributed by atoms with E-state index in [1.54, 1.807) is 18.2 Å². The molecule has 3 unspecified atom stereocenters. The van der Waals surface area contributed by atoms with Crippen molar-refractivity contribution in [1.29, 1.82) is 0 Å². The second kappa shape index (κ2) is 10.5. The number of quaternary nitrogens is 1. The number of aliphatic carboxylic acids is 1. The number of sulfonamides is 1. The number of carboxylic acids is 1. The van der Waals surface area contributed by atoms with Crippen LogP contribution >= 0.6 is 0 Å². The highest BCUT2D eigenvalue weighted by Gasteiger charge is 2.49. The smallest absolute Gasteiger partial charge is 0.305 e. The van der Waals surface area contributed by atoms with Gasteiger partial charge in [-0.25, -0.2) is 13.2 Å². The van der Waals surface area contributed by atoms with E-state index in [0.717, 1.165) is 10.4 Å². The number of fused-ring (bicyclic) bond motifs is 2. The standard InChI is InChI=1S/C23H27N5O8S/c29-13-18(10-22(31)32)25-23(33)17-11-24-14-27-21(30)8-7-20(28(27,34)12-17)26-37(35,36)19-6-5-15-3-1-2-4-16(15)9-19/h1-6,9,13,17-18,20,24,26H,7-8,10-12,14H2,(H,25,33)(H,31,32)/t17?,18-,20?,28?/m0/s1. The summed E-state index contributed by atoms with van der Waals surface area (Å²) in [7, 11) is -4.18. The molecule has 2 saturated heterocycles. The molecule has 13 nitrogen and oxygen atoms in total. The number of amides is 2. The Morgan fingerprint density at radius 2 is 1.97 bits per heavy atom. The fraction of sp³-hybridized carbons (Fsp3) is 0.391. The highest BCUT2D eigenvalue weighted by molar-refractivity contribution is 7.89. The molecule has 0 bridgehead atoms. The maximum absolute atomic E-state index is 14.2. The van der Waals surface area contributed by atoms with Crippen molar-refractivity contribution in [3.63, 3.8) is 0 Å². The van der Waals surface area contributed by atoms with Crippen molar-refractivity contribution in [2.45, 2.75) is 36.4 Å². The zero-order valence-corrected chi connectivity index (χ0v) is 20.5. The van der Waals surface area contributed by atoms with Crippen LogP contribution in [0.5, 0.6) is 0 Å². The van der Waals surface area contributed by atoms with Gasteiger partial charge in [-0.3, -0.25) is 19.7 Å². The molecular weight excluding hydrogens is 506 g/mol. The molecule has 2 aromatic rings. The van der Waals surface area contributed by atoms with Crippen molar-refractivity contribution in [1.82, 2.24) is 20.4 Å². The largest absolute Gasteiger partial charge is 0.605 e. The minimum atomic E-state index is -4.18. The second-order valence-corrected chi connectivity index (χ2v) is 10.8. The molecule has 2 fully saturated rings. The monoisotopic (exact) mass is 533 g/mol. The Morgan fingerprint density at radius 3 is 2.68 bits per heavy atom. The van der Waals surface area contributed by atoms with Gasteiger partial charge in [0.25, 0.3) is 5.91 Å². The molecule has 4 atom stereocenters. The summed E-state index contributed by atoms with van der Waals surface area (Å²) in [6.45, 7) is -0.763. The average molecular weight is 534 g/mol. The molecule has 4 N–H and O–H groups in total. The van der Waals surface area contributed by atoms with Crippen LogP contribution < -0.4 is 15.4 Å². The first-order valence-electron chi connectivity index (χ1n) is 11.6. The fourth-order valence-corrected chi connectivity index (χ4v) is 5.93. The van der Waals surface area contributed by atoms with Crippen LogP contribution in [-0.2, 0) is 29.2 Å². The van der Waals surface area contributed by atoms with Gasteiger partial charge in [-0.2, -0.15) is 9.73 Å². The number of carbonyl (C=O) groups is 4. The van der Waals surface area contributed by atoms with Crippen molar-refractivity contribution in [2.24, 2.45) is 5.92 Å². The SMILES string of the molecule is O=C[C@H](CC(=O)O)NC(=O)C1CNCN2C(=O)CCC(NS(=O)(=O)c3ccc4ccccc4c3)[N+]2([O-])C1. The van der Waals surface area contributed by atoms with E-state index in [1.807, 2.05) is 12.1 Å². The lowest BCUT2D eigenvalue weighted by Gasteiger charge is -2.55. The molecule has 14 heteroatoms. The van der Waals surface area contributed by atoms with Gasteiger partial charge >= 0.3 is 5.97 Å². The molecule has 0 aliphatic carbocycles. The van der Waals surface area contributed by atoms with Crippen LogP contribution in [-0.4, -0.2) is 79.3 Å². The first-order valence-corrected chi connectivity index (χ1v) is 13.1. The van der Waals surface area contributed by atoms with Crippen LogP contribution in [0.4, 0.5) is 0 Å². The van der Waals surface area contributed by atoms with Gasteiger partial charge in [-0.05, 0) is 22.9 Å². The van der Waals surface area contributed by atoms with Crippen molar-refractivity contribution in [2.75, 3.05) is 19.8 Å². The van der Waals surface area contributed by atoms with E-state index < -0.39 is 63.7 Å². The third kappa shape index (κ3) is 5.62. The molecule has 0 radical (unpaired) electrons. The number of nitrogens with one attached hydrogen (secondary N) is 3. The second-order valence-electron chi connectivity index (χ2n) is 9.07. The number of hydroxylamine groups is 2. The predicted octanol–water partition coefficient (Wildman–Crippen LogP) is -0.368. The number of nitrogens with zero attached hydrogens (tertiary/aromatic N) is 2. The first kappa shape index (κ1) is 26.6. The van der Waals surface area contributed by atoms with Crippen LogP contribution in [0.15, 0.2) is 47.4 Å². The summed E-state index contributed by atoms with van der Waals surface area (Å²) in [4.78, 5) is 47.5. The molecule has 0 spiro atoms. The Kier molecular flexibility index (Phi) is 7.57. The molecule has 2 aliphatic heterocycles. The number of aldehydes is 1. The molecule has 0 saturated carbocycles. The Bertz CT molecular complexity index is 1340. The van der Waals surface area contributed by atoms with Crippen molar-refractivity contribution in [3.05, 3.63) is 47.7 Å². The van der Waals surface area contributed by atoms with Gasteiger partial charge in [-0.15, -0.1) is 0 Å². The third-order valence-electron chi connectivity index (χ3n) is 6.53. The van der Waals surface area contributed by atoms with Crippen LogP contribution in [0.3, 0.4) is 0 Å². The lowest BCUT2D eigenvalue weighted by atomic mass is 10.1. The maximum Gasteiger partial charge on any atom is 0.305 e. The number of hydrogen-bond donors (Lipinski definition) is 4. The summed E-state index contributed by atoms with van der Waals surface area (Å²) in [6, 6.07) is 10.5. The molecule has 37 heavy (non-hydrogen) atoms. The third-order valence-corrected chi connectivity index (χ3v) is 7.99. The normalized spacial score (nSPS) is 25.1. The molecule has 2 aliphatic rings. The Morgan fingerprint density at radius 1 is 1.24 bits per heavy atom. The summed E-state index contributed by atoms with van der Waals surface area (Å²) >= 11 is 0. The van der Waals surface area contributed by atoms with E-state index in [0.29, 0.717) is 5.39 Å². The van der Waals surface area contributed by atoms with E-state index in [4.69, 9.17) is 5.11 Å². The van der Waals surface area contributed by atoms with Gasteiger partial charge < -0.3 is 20.4 Å². The van der Waals surface area contributed by atoms with Gasteiger partial charge in [-0.1, -0.05) is 30.3 Å². The highest BCUT2D eigenvalue weighted by atomic mass is 32.2. The highest BCUT2D eigenvalue weighted by Crippen LogP contribution is 2.30. The molecule has 2 aromatic carbocycles. The fourth-order valence-electron chi connectivity index (χ4n) is 4.63. The quantitative estimate of drug-likeness (QED) is 0.200. The van der Waals surface area contributed by atoms with Crippen molar-refractivity contribution >= 4 is 44.9 Å². The molecule has 2 amide bonds. The van der Waals surface area contributed by atoms with Gasteiger partial charge in [0.2, 0.25) is 15.9 Å². The number of carbonyl (C=O) groups excluding carboxylic acids is 3. The molecule has 198 valence electrons. The molecule has 2 heterocycles. The topological polar surface area (TPSA) is 185 Å². The summed E-state index contributed by atoms with van der Waals surface area (Å²) in [5, 5.41) is 30.7. The Hall–Kier alpha value is -3.43. The predicted molar refractivity (Wildman–Crippen MR) is 129 cm³/mol. The van der Waals surface area contributed by atoms with Crippen molar-refractivity contribution < 1.29 is 37.5 Å². The Balaban J connectivity index is 1.59. The minimum absolute atomic E-state index is 0.0410. The summed E-state index contributed by atoms with van der Waals surface area (Å²) in [5.41, 5.74) is 0. The van der Waals surface area contributed by atoms with E-state index in [1.165, 1.54) is 12.1 Å². The molecule has 0 aromatic heterocycles. The lowest BCUT2D eigenvalue weighted by molar-refractivity contribution is -1.01. The van der Waals surface area contributed by atoms with Crippen LogP contribution in [0, 0.1) is 11.1 Å². The number of rotatable bonds is 8. The van der Waals surface area contributed by atoms with E-state index in [-0.39, 0.29) is 37.2 Å². The van der Waals surface area contributed by atoms with Crippen LogP contribution in [0.1, 0.15) is 19.3 Å². The summed E-state index contributed by atoms with van der Waals surface area (Å²) < 4.78 is 27.6. The van der Waals surface area contributed by atoms with E-state index in [2.05, 4.69) is 15.4 Å². The number of benzene rings is 2. The van der Waals surface area contributed by atoms with Gasteiger partial charge in [0.15, 0.2) is 6.17 Å². The van der Waals surface area contributed by atoms with E-state index in [9.17, 15) is 32.8 Å². The lowest BCUT2D eigenvalue weighted by Crippen LogP contribution is -2.72. The summed E-state index contributed by atoms with van der Waals surface area (Å²) in [5.74, 6) is -3.62. The summed E-state index contributed by atoms with van der Waals surface area (Å²) in [6.07, 6.45) is -1.81. The average Bonchev–Trinajstić information content (AvgIpc) is 3.05. The van der Waals surface area contributed by atoms with Crippen LogP contribution in [0.2, 0.25) is 0 Å². The zero-order valence-electron chi connectivity index (χ0n) is 19.7. The number of hydrogen-bond acceptors (Lipinski definition) is 8. The first-order chi connectivity index (χ1) is 17.5. The minimum Gasteiger partial charge on any atom is -0.605 e. The molecule has 4 rings (SSSR count). The van der Waals surface area contributed by atoms with Gasteiger partial charge in [0, 0.05) is 19.4 Å². The van der Waals surface area contributed by atoms with Gasteiger partial charge in [0.1, 0.15) is 25.4 Å². The van der Waals surface area contributed by atoms with E-state index >= 15 is 0 Å². The molecular formula is C23H27N5O8S. The van der Waals surface area contributed by atoms with Gasteiger partial charge in [0.05, 0.1) is 17.4 Å². The maximum atomic E-state index is 14.2. The zero-order chi connectivity index (χ0) is 26.8. The Labute approximate surface area is 212 Å².